The Kier molecular flexibility index (Phi) is 2.94. The maximum absolute atomic E-state index is 12.5. The Morgan fingerprint density at radius 1 is 1.44 bits per heavy atom. The van der Waals surface area contributed by atoms with Gasteiger partial charge in [0.25, 0.3) is 0 Å². The molecule has 1 aliphatic heterocycles. The summed E-state index contributed by atoms with van der Waals surface area (Å²) in [5, 5.41) is 8.88. The van der Waals surface area contributed by atoms with Crippen molar-refractivity contribution in [3.8, 4) is 5.75 Å². The van der Waals surface area contributed by atoms with Crippen molar-refractivity contribution in [1.82, 2.24) is 0 Å². The number of fused-ring (bicyclic) bond motifs is 1. The normalized spacial score (nSPS) is 23.1. The van der Waals surface area contributed by atoms with Crippen LogP contribution >= 0.6 is 0 Å². The van der Waals surface area contributed by atoms with Gasteiger partial charge in [0.2, 0.25) is 0 Å². The van der Waals surface area contributed by atoms with Crippen molar-refractivity contribution in [2.24, 2.45) is 11.7 Å². The summed E-state index contributed by atoms with van der Waals surface area (Å²) >= 11 is 0. The van der Waals surface area contributed by atoms with Crippen LogP contribution in [-0.4, -0.2) is 17.7 Å². The van der Waals surface area contributed by atoms with E-state index in [9.17, 15) is 18.0 Å². The lowest BCUT2D eigenvalue weighted by Gasteiger charge is -2.29. The molecule has 0 aliphatic carbocycles. The Morgan fingerprint density at radius 2 is 2.11 bits per heavy atom. The van der Waals surface area contributed by atoms with E-state index in [4.69, 9.17) is 15.6 Å². The first-order chi connectivity index (χ1) is 8.30. The molecule has 0 fully saturated rings. The monoisotopic (exact) mass is 261 g/mol. The molecule has 98 valence electrons. The highest BCUT2D eigenvalue weighted by Crippen LogP contribution is 2.38. The van der Waals surface area contributed by atoms with Gasteiger partial charge in [0.15, 0.2) is 0 Å². The third-order valence-electron chi connectivity index (χ3n) is 2.87. The van der Waals surface area contributed by atoms with Crippen molar-refractivity contribution in [3.63, 3.8) is 0 Å². The highest BCUT2D eigenvalue weighted by molar-refractivity contribution is 5.72. The van der Waals surface area contributed by atoms with Gasteiger partial charge in [-0.1, -0.05) is 6.07 Å². The van der Waals surface area contributed by atoms with E-state index in [-0.39, 0.29) is 17.9 Å². The zero-order valence-electron chi connectivity index (χ0n) is 9.07. The van der Waals surface area contributed by atoms with Crippen LogP contribution < -0.4 is 10.5 Å². The molecular formula is C11H10F3NO3. The molecule has 7 heteroatoms. The second-order valence-electron chi connectivity index (χ2n) is 4.03. The summed E-state index contributed by atoms with van der Waals surface area (Å²) in [4.78, 5) is 10.9. The van der Waals surface area contributed by atoms with Crippen molar-refractivity contribution in [2.75, 3.05) is 6.61 Å². The molecule has 2 unspecified atom stereocenters. The number of hydrogen-bond donors (Lipinski definition) is 2. The molecule has 2 rings (SSSR count). The average Bonchev–Trinajstić information content (AvgIpc) is 2.27. The van der Waals surface area contributed by atoms with E-state index in [2.05, 4.69) is 0 Å². The SMILES string of the molecule is NC1c2ccc(C(F)(F)F)cc2OCC1C(=O)O. The summed E-state index contributed by atoms with van der Waals surface area (Å²) in [5.74, 6) is -2.09. The molecule has 0 amide bonds. The number of rotatable bonds is 1. The third kappa shape index (κ3) is 2.13. The van der Waals surface area contributed by atoms with Gasteiger partial charge < -0.3 is 15.6 Å². The maximum Gasteiger partial charge on any atom is 0.416 e. The lowest BCUT2D eigenvalue weighted by Crippen LogP contribution is -2.36. The molecule has 0 saturated heterocycles. The van der Waals surface area contributed by atoms with E-state index in [1.807, 2.05) is 0 Å². The molecule has 0 spiro atoms. The van der Waals surface area contributed by atoms with Crippen LogP contribution in [0.2, 0.25) is 0 Å². The molecule has 1 heterocycles. The summed E-state index contributed by atoms with van der Waals surface area (Å²) in [7, 11) is 0. The van der Waals surface area contributed by atoms with Gasteiger partial charge in [-0.15, -0.1) is 0 Å². The summed E-state index contributed by atoms with van der Waals surface area (Å²) in [6.45, 7) is -0.231. The highest BCUT2D eigenvalue weighted by Gasteiger charge is 2.36. The molecule has 3 N–H and O–H groups in total. The van der Waals surface area contributed by atoms with Crippen molar-refractivity contribution in [2.45, 2.75) is 12.2 Å². The first kappa shape index (κ1) is 12.7. The number of hydrogen-bond acceptors (Lipinski definition) is 3. The Labute approximate surface area is 100 Å². The summed E-state index contributed by atoms with van der Waals surface area (Å²) in [6.07, 6.45) is -4.47. The van der Waals surface area contributed by atoms with Crippen LogP contribution in [0.25, 0.3) is 0 Å². The van der Waals surface area contributed by atoms with Gasteiger partial charge in [-0.2, -0.15) is 13.2 Å². The van der Waals surface area contributed by atoms with Gasteiger partial charge >= 0.3 is 12.1 Å². The Hall–Kier alpha value is -1.76. The van der Waals surface area contributed by atoms with Crippen LogP contribution in [0.4, 0.5) is 13.2 Å². The summed E-state index contributed by atoms with van der Waals surface area (Å²) in [5.41, 5.74) is 5.14. The fourth-order valence-electron chi connectivity index (χ4n) is 1.84. The van der Waals surface area contributed by atoms with Crippen molar-refractivity contribution in [1.29, 1.82) is 0 Å². The van der Waals surface area contributed by atoms with E-state index in [1.54, 1.807) is 0 Å². The van der Waals surface area contributed by atoms with E-state index < -0.39 is 29.7 Å². The van der Waals surface area contributed by atoms with Crippen LogP contribution in [0.5, 0.6) is 5.75 Å². The fourth-order valence-corrected chi connectivity index (χ4v) is 1.84. The largest absolute Gasteiger partial charge is 0.492 e. The van der Waals surface area contributed by atoms with Crippen molar-refractivity contribution < 1.29 is 27.8 Å². The molecule has 0 saturated carbocycles. The summed E-state index contributed by atoms with van der Waals surface area (Å²) in [6, 6.07) is 2.01. The quantitative estimate of drug-likeness (QED) is 0.808. The van der Waals surface area contributed by atoms with Crippen LogP contribution in [0.1, 0.15) is 17.2 Å². The number of alkyl halides is 3. The van der Waals surface area contributed by atoms with E-state index >= 15 is 0 Å². The van der Waals surface area contributed by atoms with Gasteiger partial charge in [-0.3, -0.25) is 4.79 Å². The van der Waals surface area contributed by atoms with Crippen LogP contribution in [0.15, 0.2) is 18.2 Å². The first-order valence-electron chi connectivity index (χ1n) is 5.13. The molecule has 4 nitrogen and oxygen atoms in total. The number of halogens is 3. The van der Waals surface area contributed by atoms with E-state index in [1.165, 1.54) is 0 Å². The molecule has 18 heavy (non-hydrogen) atoms. The number of carbonyl (C=O) groups is 1. The zero-order valence-corrected chi connectivity index (χ0v) is 9.07. The number of benzene rings is 1. The lowest BCUT2D eigenvalue weighted by atomic mass is 9.91. The topological polar surface area (TPSA) is 72.5 Å². The predicted molar refractivity (Wildman–Crippen MR) is 55.0 cm³/mol. The molecule has 1 aromatic rings. The number of nitrogens with two attached hydrogens (primary N) is 1. The minimum absolute atomic E-state index is 0.00479. The number of ether oxygens (including phenoxy) is 1. The van der Waals surface area contributed by atoms with Gasteiger partial charge in [-0.05, 0) is 12.1 Å². The second-order valence-corrected chi connectivity index (χ2v) is 4.03. The van der Waals surface area contributed by atoms with Gasteiger partial charge in [-0.25, -0.2) is 0 Å². The zero-order chi connectivity index (χ0) is 13.5. The predicted octanol–water partition coefficient (Wildman–Crippen LogP) is 1.80. The first-order valence-corrected chi connectivity index (χ1v) is 5.13. The highest BCUT2D eigenvalue weighted by atomic mass is 19.4. The second kappa shape index (κ2) is 4.16. The minimum atomic E-state index is -4.47. The minimum Gasteiger partial charge on any atom is -0.492 e. The molecule has 2 atom stereocenters. The van der Waals surface area contributed by atoms with Gasteiger partial charge in [0.1, 0.15) is 18.3 Å². The molecule has 0 bridgehead atoms. The number of aliphatic carboxylic acids is 1. The third-order valence-corrected chi connectivity index (χ3v) is 2.87. The van der Waals surface area contributed by atoms with Crippen LogP contribution in [-0.2, 0) is 11.0 Å². The van der Waals surface area contributed by atoms with Crippen molar-refractivity contribution >= 4 is 5.97 Å². The van der Waals surface area contributed by atoms with E-state index in [0.717, 1.165) is 18.2 Å². The molecule has 0 radical (unpaired) electrons. The van der Waals surface area contributed by atoms with Gasteiger partial charge in [0.05, 0.1) is 5.56 Å². The Bertz CT molecular complexity index is 487. The van der Waals surface area contributed by atoms with Crippen molar-refractivity contribution in [3.05, 3.63) is 29.3 Å². The smallest absolute Gasteiger partial charge is 0.416 e. The lowest BCUT2D eigenvalue weighted by molar-refractivity contribution is -0.144. The Balaban J connectivity index is 2.38. The Morgan fingerprint density at radius 3 is 2.67 bits per heavy atom. The molecule has 0 aromatic heterocycles. The van der Waals surface area contributed by atoms with E-state index in [0.29, 0.717) is 0 Å². The standard InChI is InChI=1S/C11H10F3NO3/c12-11(13,14)5-1-2-6-8(3-5)18-4-7(9(6)15)10(16)17/h1-3,7,9H,4,15H2,(H,16,17). The number of carboxylic acids is 1. The number of carboxylic acid groups (broad SMARTS) is 1. The summed E-state index contributed by atoms with van der Waals surface area (Å²) < 4.78 is 42.5. The average molecular weight is 261 g/mol. The molecular weight excluding hydrogens is 251 g/mol. The van der Waals surface area contributed by atoms with Crippen LogP contribution in [0, 0.1) is 5.92 Å². The van der Waals surface area contributed by atoms with Crippen LogP contribution in [0.3, 0.4) is 0 Å². The molecule has 1 aromatic carbocycles. The fraction of sp³-hybridized carbons (Fsp3) is 0.364. The van der Waals surface area contributed by atoms with Gasteiger partial charge in [0, 0.05) is 11.6 Å². The molecule has 1 aliphatic rings. The maximum atomic E-state index is 12.5.